The fraction of sp³-hybridized carbons (Fsp3) is 0.0270. The molecule has 8 aromatic rings. The van der Waals surface area contributed by atoms with Crippen LogP contribution < -0.4 is 0 Å². The molecule has 0 radical (unpaired) electrons. The van der Waals surface area contributed by atoms with Gasteiger partial charge in [-0.1, -0.05) is 109 Å². The van der Waals surface area contributed by atoms with Gasteiger partial charge in [0.1, 0.15) is 0 Å². The van der Waals surface area contributed by atoms with Crippen molar-refractivity contribution in [3.8, 4) is 11.4 Å². The number of aromatic nitrogens is 2. The molecular formula is C37H26N2. The monoisotopic (exact) mass is 498 g/mol. The Hall–Kier alpha value is -5.08. The standard InChI is InChI=1S/C37H26N2/c1-7-19-32(38-34-21-9-3-15-28(34)29-16-4-10-22-35(29)38)26(13-1)25-27-14-2-8-20-33(27)39-36-23-11-5-17-30(36)31-18-6-12-24-37(31)39/h1-24H,25H2. The van der Waals surface area contributed by atoms with Gasteiger partial charge in [-0.2, -0.15) is 0 Å². The minimum absolute atomic E-state index is 0.827. The van der Waals surface area contributed by atoms with Gasteiger partial charge in [-0.3, -0.25) is 0 Å². The lowest BCUT2D eigenvalue weighted by atomic mass is 10.0. The maximum absolute atomic E-state index is 2.43. The minimum Gasteiger partial charge on any atom is -0.309 e. The molecule has 184 valence electrons. The minimum atomic E-state index is 0.827. The number of hydrogen-bond acceptors (Lipinski definition) is 0. The molecule has 8 rings (SSSR count). The Labute approximate surface area is 227 Å². The van der Waals surface area contributed by atoms with E-state index in [0.29, 0.717) is 0 Å². The lowest BCUT2D eigenvalue weighted by Gasteiger charge is -2.17. The molecule has 0 spiro atoms. The molecule has 2 heterocycles. The summed E-state index contributed by atoms with van der Waals surface area (Å²) >= 11 is 0. The van der Waals surface area contributed by atoms with Gasteiger partial charge in [0.25, 0.3) is 0 Å². The van der Waals surface area contributed by atoms with Crippen molar-refractivity contribution in [3.05, 3.63) is 157 Å². The smallest absolute Gasteiger partial charge is 0.0541 e. The molecule has 0 amide bonds. The summed E-state index contributed by atoms with van der Waals surface area (Å²) in [6.07, 6.45) is 0.827. The molecule has 0 aliphatic rings. The third-order valence-corrected chi connectivity index (χ3v) is 8.01. The molecule has 0 saturated carbocycles. The van der Waals surface area contributed by atoms with Crippen molar-refractivity contribution in [2.75, 3.05) is 0 Å². The van der Waals surface area contributed by atoms with Gasteiger partial charge in [0, 0.05) is 39.3 Å². The van der Waals surface area contributed by atoms with Crippen molar-refractivity contribution < 1.29 is 0 Å². The molecule has 2 heteroatoms. The van der Waals surface area contributed by atoms with Crippen molar-refractivity contribution in [3.63, 3.8) is 0 Å². The summed E-state index contributed by atoms with van der Waals surface area (Å²) in [5.74, 6) is 0. The lowest BCUT2D eigenvalue weighted by molar-refractivity contribution is 1.06. The molecule has 0 saturated heterocycles. The van der Waals surface area contributed by atoms with Gasteiger partial charge in [0.2, 0.25) is 0 Å². The van der Waals surface area contributed by atoms with E-state index in [-0.39, 0.29) is 0 Å². The number of hydrogen-bond donors (Lipinski definition) is 0. The van der Waals surface area contributed by atoms with Gasteiger partial charge < -0.3 is 9.13 Å². The van der Waals surface area contributed by atoms with Crippen molar-refractivity contribution >= 4 is 43.6 Å². The van der Waals surface area contributed by atoms with E-state index in [1.807, 2.05) is 0 Å². The van der Waals surface area contributed by atoms with Gasteiger partial charge >= 0.3 is 0 Å². The Morgan fingerprint density at radius 2 is 0.590 bits per heavy atom. The first-order valence-electron chi connectivity index (χ1n) is 13.5. The Morgan fingerprint density at radius 3 is 0.949 bits per heavy atom. The second-order valence-corrected chi connectivity index (χ2v) is 10.2. The second-order valence-electron chi connectivity index (χ2n) is 10.2. The summed E-state index contributed by atoms with van der Waals surface area (Å²) in [5.41, 5.74) is 10.0. The molecule has 39 heavy (non-hydrogen) atoms. The highest BCUT2D eigenvalue weighted by Crippen LogP contribution is 2.36. The Morgan fingerprint density at radius 1 is 0.308 bits per heavy atom. The summed E-state index contributed by atoms with van der Waals surface area (Å²) in [6, 6.07) is 52.6. The zero-order chi connectivity index (χ0) is 25.8. The molecule has 0 fully saturated rings. The first-order chi connectivity index (χ1) is 19.4. The first kappa shape index (κ1) is 22.0. The fourth-order valence-electron chi connectivity index (χ4n) is 6.33. The molecule has 0 bridgehead atoms. The number of benzene rings is 6. The van der Waals surface area contributed by atoms with Crippen LogP contribution in [0, 0.1) is 0 Å². The highest BCUT2D eigenvalue weighted by Gasteiger charge is 2.17. The largest absolute Gasteiger partial charge is 0.309 e. The van der Waals surface area contributed by atoms with Crippen LogP contribution in [-0.4, -0.2) is 9.13 Å². The molecule has 0 N–H and O–H groups in total. The van der Waals surface area contributed by atoms with Crippen LogP contribution in [-0.2, 0) is 6.42 Å². The van der Waals surface area contributed by atoms with E-state index in [1.165, 1.54) is 66.1 Å². The Bertz CT molecular complexity index is 1900. The van der Waals surface area contributed by atoms with E-state index in [1.54, 1.807) is 0 Å². The third kappa shape index (κ3) is 3.35. The summed E-state index contributed by atoms with van der Waals surface area (Å²) in [5, 5.41) is 5.14. The van der Waals surface area contributed by atoms with E-state index >= 15 is 0 Å². The van der Waals surface area contributed by atoms with Crippen molar-refractivity contribution in [1.29, 1.82) is 0 Å². The number of fused-ring (bicyclic) bond motifs is 6. The Balaban J connectivity index is 1.35. The maximum atomic E-state index is 2.43. The number of nitrogens with zero attached hydrogens (tertiary/aromatic N) is 2. The zero-order valence-electron chi connectivity index (χ0n) is 21.5. The summed E-state index contributed by atoms with van der Waals surface area (Å²) in [7, 11) is 0. The van der Waals surface area contributed by atoms with E-state index < -0.39 is 0 Å². The molecule has 0 unspecified atom stereocenters. The molecule has 0 aliphatic heterocycles. The average molecular weight is 499 g/mol. The van der Waals surface area contributed by atoms with Crippen LogP contribution >= 0.6 is 0 Å². The van der Waals surface area contributed by atoms with E-state index in [2.05, 4.69) is 155 Å². The molecule has 2 nitrogen and oxygen atoms in total. The topological polar surface area (TPSA) is 9.86 Å². The van der Waals surface area contributed by atoms with E-state index in [9.17, 15) is 0 Å². The van der Waals surface area contributed by atoms with Crippen molar-refractivity contribution in [1.82, 2.24) is 9.13 Å². The summed E-state index contributed by atoms with van der Waals surface area (Å²) in [6.45, 7) is 0. The molecule has 0 atom stereocenters. The van der Waals surface area contributed by atoms with Gasteiger partial charge in [0.15, 0.2) is 0 Å². The highest BCUT2D eigenvalue weighted by molar-refractivity contribution is 6.10. The first-order valence-corrected chi connectivity index (χ1v) is 13.5. The predicted molar refractivity (Wildman–Crippen MR) is 164 cm³/mol. The summed E-state index contributed by atoms with van der Waals surface area (Å²) < 4.78 is 4.87. The van der Waals surface area contributed by atoms with Crippen molar-refractivity contribution in [2.24, 2.45) is 0 Å². The van der Waals surface area contributed by atoms with Gasteiger partial charge in [-0.05, 0) is 47.5 Å². The zero-order valence-corrected chi connectivity index (χ0v) is 21.5. The van der Waals surface area contributed by atoms with E-state index in [4.69, 9.17) is 0 Å². The van der Waals surface area contributed by atoms with Gasteiger partial charge in [-0.15, -0.1) is 0 Å². The van der Waals surface area contributed by atoms with Gasteiger partial charge in [0.05, 0.1) is 22.1 Å². The second kappa shape index (κ2) is 8.75. The predicted octanol–water partition coefficient (Wildman–Crippen LogP) is 9.47. The molecular weight excluding hydrogens is 472 g/mol. The molecule has 6 aromatic carbocycles. The van der Waals surface area contributed by atoms with Crippen LogP contribution in [0.4, 0.5) is 0 Å². The number of rotatable bonds is 4. The van der Waals surface area contributed by atoms with Crippen LogP contribution in [0.25, 0.3) is 55.0 Å². The molecule has 0 aliphatic carbocycles. The number of para-hydroxylation sites is 6. The normalized spacial score (nSPS) is 11.7. The van der Waals surface area contributed by atoms with Crippen LogP contribution in [0.2, 0.25) is 0 Å². The third-order valence-electron chi connectivity index (χ3n) is 8.01. The average Bonchev–Trinajstić information content (AvgIpc) is 3.51. The lowest BCUT2D eigenvalue weighted by Crippen LogP contribution is -2.04. The van der Waals surface area contributed by atoms with Crippen LogP contribution in [0.3, 0.4) is 0 Å². The maximum Gasteiger partial charge on any atom is 0.0541 e. The van der Waals surface area contributed by atoms with E-state index in [0.717, 1.165) is 6.42 Å². The van der Waals surface area contributed by atoms with Crippen LogP contribution in [0.5, 0.6) is 0 Å². The highest BCUT2D eigenvalue weighted by atomic mass is 15.0. The van der Waals surface area contributed by atoms with Gasteiger partial charge in [-0.25, -0.2) is 0 Å². The van der Waals surface area contributed by atoms with Crippen LogP contribution in [0.1, 0.15) is 11.1 Å². The fourth-order valence-corrected chi connectivity index (χ4v) is 6.33. The quantitative estimate of drug-likeness (QED) is 0.229. The summed E-state index contributed by atoms with van der Waals surface area (Å²) in [4.78, 5) is 0. The molecule has 2 aromatic heterocycles. The van der Waals surface area contributed by atoms with Crippen molar-refractivity contribution in [2.45, 2.75) is 6.42 Å². The Kier molecular flexibility index (Phi) is 4.92. The SMILES string of the molecule is c1ccc(-n2c3ccccc3c3ccccc32)c(Cc2ccccc2-n2c3ccccc3c3ccccc32)c1. The van der Waals surface area contributed by atoms with Crippen LogP contribution in [0.15, 0.2) is 146 Å².